The Labute approximate surface area is 176 Å². The van der Waals surface area contributed by atoms with Gasteiger partial charge in [0, 0.05) is 23.5 Å². The van der Waals surface area contributed by atoms with Crippen LogP contribution in [-0.2, 0) is 5.41 Å². The maximum absolute atomic E-state index is 12.9. The molecule has 4 aromatic rings. The lowest BCUT2D eigenvalue weighted by atomic mass is 9.86. The number of nitrogens with one attached hydrogen (secondary N) is 2. The van der Waals surface area contributed by atoms with Crippen LogP contribution in [0.25, 0.3) is 10.9 Å². The van der Waals surface area contributed by atoms with E-state index < -0.39 is 0 Å². The van der Waals surface area contributed by atoms with Crippen LogP contribution in [0, 0.1) is 0 Å². The molecule has 0 aliphatic rings. The van der Waals surface area contributed by atoms with Crippen molar-refractivity contribution in [1.29, 1.82) is 0 Å². The van der Waals surface area contributed by atoms with Gasteiger partial charge in [-0.3, -0.25) is 14.8 Å². The zero-order chi connectivity index (χ0) is 21.1. The van der Waals surface area contributed by atoms with Crippen molar-refractivity contribution < 1.29 is 4.79 Å². The van der Waals surface area contributed by atoms with Crippen LogP contribution in [0.2, 0.25) is 0 Å². The zero-order valence-electron chi connectivity index (χ0n) is 17.3. The van der Waals surface area contributed by atoms with E-state index in [0.29, 0.717) is 11.3 Å². The Balaban J connectivity index is 1.59. The van der Waals surface area contributed by atoms with Crippen molar-refractivity contribution in [3.05, 3.63) is 90.4 Å². The second-order valence-electron chi connectivity index (χ2n) is 8.22. The normalized spacial score (nSPS) is 11.3. The topological polar surface area (TPSA) is 66.9 Å². The number of hydrogen-bond donors (Lipinski definition) is 2. The molecule has 2 N–H and O–H groups in total. The van der Waals surface area contributed by atoms with Gasteiger partial charge in [-0.15, -0.1) is 0 Å². The molecule has 0 saturated carbocycles. The van der Waals surface area contributed by atoms with E-state index in [4.69, 9.17) is 0 Å². The lowest BCUT2D eigenvalue weighted by molar-refractivity contribution is 0.102. The van der Waals surface area contributed by atoms with Crippen LogP contribution >= 0.6 is 0 Å². The molecule has 0 aliphatic carbocycles. The third kappa shape index (κ3) is 4.15. The summed E-state index contributed by atoms with van der Waals surface area (Å²) in [7, 11) is 0. The molecule has 0 unspecified atom stereocenters. The monoisotopic (exact) mass is 396 g/mol. The molecule has 0 atom stereocenters. The smallest absolute Gasteiger partial charge is 0.257 e. The predicted octanol–water partition coefficient (Wildman–Crippen LogP) is 5.92. The maximum Gasteiger partial charge on any atom is 0.257 e. The number of anilines is 3. The van der Waals surface area contributed by atoms with E-state index in [9.17, 15) is 4.79 Å². The van der Waals surface area contributed by atoms with Crippen LogP contribution in [-0.4, -0.2) is 15.9 Å². The van der Waals surface area contributed by atoms with Gasteiger partial charge in [-0.2, -0.15) is 0 Å². The number of carbonyl (C=O) groups is 1. The number of aromatic nitrogens is 2. The first-order chi connectivity index (χ1) is 14.4. The summed E-state index contributed by atoms with van der Waals surface area (Å²) in [6.07, 6.45) is 5.00. The van der Waals surface area contributed by atoms with Gasteiger partial charge in [-0.25, -0.2) is 0 Å². The molecule has 0 radical (unpaired) electrons. The predicted molar refractivity (Wildman–Crippen MR) is 122 cm³/mol. The van der Waals surface area contributed by atoms with Gasteiger partial charge in [0.05, 0.1) is 28.7 Å². The minimum absolute atomic E-state index is 0.00657. The first-order valence-electron chi connectivity index (χ1n) is 9.88. The second kappa shape index (κ2) is 7.95. The van der Waals surface area contributed by atoms with Gasteiger partial charge in [0.25, 0.3) is 5.91 Å². The largest absolute Gasteiger partial charge is 0.354 e. The van der Waals surface area contributed by atoms with E-state index in [1.807, 2.05) is 48.5 Å². The van der Waals surface area contributed by atoms with E-state index >= 15 is 0 Å². The lowest BCUT2D eigenvalue weighted by Gasteiger charge is -2.23. The van der Waals surface area contributed by atoms with Crippen molar-refractivity contribution in [2.75, 3.05) is 10.6 Å². The van der Waals surface area contributed by atoms with Crippen LogP contribution in [0.3, 0.4) is 0 Å². The fourth-order valence-corrected chi connectivity index (χ4v) is 3.43. The van der Waals surface area contributed by atoms with Gasteiger partial charge < -0.3 is 10.6 Å². The van der Waals surface area contributed by atoms with Crippen LogP contribution in [0.5, 0.6) is 0 Å². The van der Waals surface area contributed by atoms with Gasteiger partial charge >= 0.3 is 0 Å². The van der Waals surface area contributed by atoms with Gasteiger partial charge in [0.2, 0.25) is 0 Å². The Hall–Kier alpha value is -3.73. The van der Waals surface area contributed by atoms with Crippen molar-refractivity contribution in [2.24, 2.45) is 0 Å². The maximum atomic E-state index is 12.9. The number of fused-ring (bicyclic) bond motifs is 1. The van der Waals surface area contributed by atoms with Crippen LogP contribution in [0.1, 0.15) is 36.7 Å². The van der Waals surface area contributed by atoms with Crippen LogP contribution in [0.15, 0.2) is 79.3 Å². The molecule has 4 rings (SSSR count). The zero-order valence-corrected chi connectivity index (χ0v) is 17.3. The molecule has 1 amide bonds. The highest BCUT2D eigenvalue weighted by atomic mass is 16.1. The summed E-state index contributed by atoms with van der Waals surface area (Å²) in [5.74, 6) is -0.228. The molecule has 2 aromatic heterocycles. The standard InChI is InChI=1S/C25H24N4O/c1-25(2,3)20-10-4-5-11-21(20)28-19-14-18(15-26-16-19)24(30)29-22-12-6-8-17-9-7-13-27-23(17)22/h4-16,28H,1-3H3,(H,29,30). The minimum atomic E-state index is -0.228. The van der Waals surface area contributed by atoms with Crippen molar-refractivity contribution in [3.8, 4) is 0 Å². The van der Waals surface area contributed by atoms with E-state index in [1.54, 1.807) is 24.7 Å². The molecule has 0 bridgehead atoms. The number of carbonyl (C=O) groups excluding carboxylic acids is 1. The van der Waals surface area contributed by atoms with Crippen LogP contribution < -0.4 is 10.6 Å². The molecule has 2 heterocycles. The Morgan fingerprint density at radius 3 is 2.50 bits per heavy atom. The molecule has 2 aromatic carbocycles. The third-order valence-electron chi connectivity index (χ3n) is 4.90. The number of rotatable bonds is 4. The summed E-state index contributed by atoms with van der Waals surface area (Å²) in [6.45, 7) is 6.52. The third-order valence-corrected chi connectivity index (χ3v) is 4.90. The molecule has 5 nitrogen and oxygen atoms in total. The van der Waals surface area contributed by atoms with Gasteiger partial charge in [-0.05, 0) is 35.2 Å². The molecular formula is C25H24N4O. The minimum Gasteiger partial charge on any atom is -0.354 e. The van der Waals surface area contributed by atoms with Crippen molar-refractivity contribution >= 4 is 33.9 Å². The lowest BCUT2D eigenvalue weighted by Crippen LogP contribution is -2.14. The van der Waals surface area contributed by atoms with Crippen molar-refractivity contribution in [3.63, 3.8) is 0 Å². The molecule has 0 fully saturated rings. The molecule has 0 aliphatic heterocycles. The number of pyridine rings is 2. The molecule has 0 saturated heterocycles. The Morgan fingerprint density at radius 2 is 1.67 bits per heavy atom. The molecular weight excluding hydrogens is 372 g/mol. The SMILES string of the molecule is CC(C)(C)c1ccccc1Nc1cncc(C(=O)Nc2cccc3cccnc23)c1. The molecule has 0 spiro atoms. The van der Waals surface area contributed by atoms with E-state index in [2.05, 4.69) is 47.4 Å². The van der Waals surface area contributed by atoms with Crippen molar-refractivity contribution in [1.82, 2.24) is 9.97 Å². The highest BCUT2D eigenvalue weighted by Gasteiger charge is 2.18. The quantitative estimate of drug-likeness (QED) is 0.449. The first-order valence-corrected chi connectivity index (χ1v) is 9.88. The van der Waals surface area contributed by atoms with E-state index in [0.717, 1.165) is 22.3 Å². The first kappa shape index (κ1) is 19.6. The Bertz CT molecular complexity index is 1210. The summed E-state index contributed by atoms with van der Waals surface area (Å²) in [5.41, 5.74) is 4.86. The number of benzene rings is 2. The summed E-state index contributed by atoms with van der Waals surface area (Å²) in [6, 6.07) is 19.5. The summed E-state index contributed by atoms with van der Waals surface area (Å²) >= 11 is 0. The average Bonchev–Trinajstić information content (AvgIpc) is 2.74. The Kier molecular flexibility index (Phi) is 5.19. The highest BCUT2D eigenvalue weighted by molar-refractivity contribution is 6.08. The summed E-state index contributed by atoms with van der Waals surface area (Å²) in [5, 5.41) is 7.35. The molecule has 30 heavy (non-hydrogen) atoms. The number of hydrogen-bond acceptors (Lipinski definition) is 4. The average molecular weight is 396 g/mol. The fraction of sp³-hybridized carbons (Fsp3) is 0.160. The van der Waals surface area contributed by atoms with Gasteiger partial charge in [0.1, 0.15) is 0 Å². The van der Waals surface area contributed by atoms with Crippen LogP contribution in [0.4, 0.5) is 17.1 Å². The van der Waals surface area contributed by atoms with Gasteiger partial charge in [0.15, 0.2) is 0 Å². The van der Waals surface area contributed by atoms with Crippen molar-refractivity contribution in [2.45, 2.75) is 26.2 Å². The molecule has 5 heteroatoms. The van der Waals surface area contributed by atoms with Gasteiger partial charge in [-0.1, -0.05) is 57.2 Å². The number of amides is 1. The second-order valence-corrected chi connectivity index (χ2v) is 8.22. The molecule has 150 valence electrons. The summed E-state index contributed by atoms with van der Waals surface area (Å²) < 4.78 is 0. The number of para-hydroxylation sites is 2. The highest BCUT2D eigenvalue weighted by Crippen LogP contribution is 2.31. The van der Waals surface area contributed by atoms with E-state index in [-0.39, 0.29) is 11.3 Å². The van der Waals surface area contributed by atoms with E-state index in [1.165, 1.54) is 5.56 Å². The number of nitrogens with zero attached hydrogens (tertiary/aromatic N) is 2. The Morgan fingerprint density at radius 1 is 0.900 bits per heavy atom. The fourth-order valence-electron chi connectivity index (χ4n) is 3.43. The summed E-state index contributed by atoms with van der Waals surface area (Å²) in [4.78, 5) is 21.5.